The highest BCUT2D eigenvalue weighted by Crippen LogP contribution is 2.30. The van der Waals surface area contributed by atoms with Crippen molar-refractivity contribution in [1.29, 1.82) is 0 Å². The van der Waals surface area contributed by atoms with Gasteiger partial charge in [-0.15, -0.1) is 12.4 Å². The maximum atomic E-state index is 13.3. The molecule has 2 atom stereocenters. The van der Waals surface area contributed by atoms with Crippen molar-refractivity contribution in [3.8, 4) is 0 Å². The highest BCUT2D eigenvalue weighted by atomic mass is 35.5. The second-order valence-corrected chi connectivity index (χ2v) is 9.86. The number of halogens is 3. The Bertz CT molecular complexity index is 932. The molecule has 32 heavy (non-hydrogen) atoms. The number of nitrogens with zero attached hydrogens (tertiary/aromatic N) is 2. The fourth-order valence-corrected chi connectivity index (χ4v) is 4.09. The maximum absolute atomic E-state index is 13.3. The zero-order chi connectivity index (χ0) is 22.6. The monoisotopic (exact) mass is 497 g/mol. The zero-order valence-corrected chi connectivity index (χ0v) is 20.9. The third-order valence-corrected chi connectivity index (χ3v) is 6.33. The lowest BCUT2D eigenvalue weighted by atomic mass is 9.91. The van der Waals surface area contributed by atoms with Gasteiger partial charge in [0.1, 0.15) is 0 Å². The minimum absolute atomic E-state index is 0. The molecule has 5 nitrogen and oxygen atoms in total. The number of amides is 2. The summed E-state index contributed by atoms with van der Waals surface area (Å²) in [5.41, 5.74) is 0.803. The summed E-state index contributed by atoms with van der Waals surface area (Å²) in [6, 6.07) is 10.4. The Balaban J connectivity index is 0.00000363. The summed E-state index contributed by atoms with van der Waals surface area (Å²) >= 11 is 12.2. The van der Waals surface area contributed by atoms with Gasteiger partial charge in [0.2, 0.25) is 5.91 Å². The average Bonchev–Trinajstić information content (AvgIpc) is 2.75. The molecule has 1 N–H and O–H groups in total. The van der Waals surface area contributed by atoms with Gasteiger partial charge in [0, 0.05) is 29.8 Å². The molecule has 2 amide bonds. The van der Waals surface area contributed by atoms with Crippen molar-refractivity contribution in [2.24, 2.45) is 5.41 Å². The predicted molar refractivity (Wildman–Crippen MR) is 132 cm³/mol. The van der Waals surface area contributed by atoms with Gasteiger partial charge in [-0.05, 0) is 56.0 Å². The highest BCUT2D eigenvalue weighted by molar-refractivity contribution is 6.42. The molecule has 2 heterocycles. The molecule has 0 spiro atoms. The summed E-state index contributed by atoms with van der Waals surface area (Å²) in [4.78, 5) is 32.4. The van der Waals surface area contributed by atoms with Crippen molar-refractivity contribution in [1.82, 2.24) is 15.2 Å². The molecule has 1 aromatic carbocycles. The summed E-state index contributed by atoms with van der Waals surface area (Å²) in [6.07, 6.45) is 5.20. The summed E-state index contributed by atoms with van der Waals surface area (Å²) in [6.45, 7) is 6.33. The largest absolute Gasteiger partial charge is 0.347 e. The lowest BCUT2D eigenvalue weighted by Crippen LogP contribution is -2.47. The fourth-order valence-electron chi connectivity index (χ4n) is 3.79. The second-order valence-electron chi connectivity index (χ2n) is 9.04. The molecule has 0 aliphatic carbocycles. The van der Waals surface area contributed by atoms with E-state index in [0.717, 1.165) is 25.0 Å². The third-order valence-electron chi connectivity index (χ3n) is 5.59. The summed E-state index contributed by atoms with van der Waals surface area (Å²) in [5, 5.41) is 3.95. The number of aromatic nitrogens is 1. The van der Waals surface area contributed by atoms with Crippen LogP contribution in [0.5, 0.6) is 0 Å². The molecule has 2 aromatic rings. The van der Waals surface area contributed by atoms with Gasteiger partial charge in [-0.1, -0.05) is 50.0 Å². The Hall–Kier alpha value is -1.82. The Morgan fingerprint density at radius 3 is 2.53 bits per heavy atom. The van der Waals surface area contributed by atoms with Crippen molar-refractivity contribution in [2.75, 3.05) is 6.54 Å². The van der Waals surface area contributed by atoms with Crippen molar-refractivity contribution >= 4 is 47.4 Å². The number of carbonyl (C=O) groups excluding carboxylic acids is 2. The van der Waals surface area contributed by atoms with Crippen LogP contribution < -0.4 is 5.32 Å². The molecule has 1 aliphatic heterocycles. The normalized spacial score (nSPS) is 17.3. The number of hydrogen-bond donors (Lipinski definition) is 1. The van der Waals surface area contributed by atoms with Crippen LogP contribution in [0.1, 0.15) is 68.5 Å². The van der Waals surface area contributed by atoms with Crippen LogP contribution in [0.25, 0.3) is 0 Å². The van der Waals surface area contributed by atoms with Gasteiger partial charge in [-0.3, -0.25) is 14.6 Å². The molecule has 1 fully saturated rings. The van der Waals surface area contributed by atoms with E-state index in [1.165, 1.54) is 0 Å². The van der Waals surface area contributed by atoms with Crippen LogP contribution in [0.15, 0.2) is 42.6 Å². The number of carbonyl (C=O) groups is 2. The minimum atomic E-state index is -0.519. The van der Waals surface area contributed by atoms with Gasteiger partial charge >= 0.3 is 0 Å². The van der Waals surface area contributed by atoms with Crippen molar-refractivity contribution in [2.45, 2.75) is 58.5 Å². The van der Waals surface area contributed by atoms with Crippen LogP contribution in [0.2, 0.25) is 10.0 Å². The molecule has 0 saturated carbocycles. The van der Waals surface area contributed by atoms with Crippen LogP contribution in [-0.2, 0) is 4.79 Å². The van der Waals surface area contributed by atoms with E-state index in [-0.39, 0.29) is 36.3 Å². The Morgan fingerprint density at radius 2 is 1.91 bits per heavy atom. The first kappa shape index (κ1) is 26.4. The molecule has 1 saturated heterocycles. The average molecular weight is 499 g/mol. The molecular formula is C24H30Cl3N3O2. The molecule has 0 bridgehead atoms. The summed E-state index contributed by atoms with van der Waals surface area (Å²) in [5.74, 6) is -0.105. The number of piperidine rings is 1. The number of benzene rings is 1. The zero-order valence-electron chi connectivity index (χ0n) is 18.6. The topological polar surface area (TPSA) is 62.3 Å². The second kappa shape index (κ2) is 11.4. The molecule has 3 rings (SSSR count). The molecule has 2 unspecified atom stereocenters. The quantitative estimate of drug-likeness (QED) is 0.542. The lowest BCUT2D eigenvalue weighted by Gasteiger charge is -2.38. The Morgan fingerprint density at radius 1 is 1.16 bits per heavy atom. The standard InChI is InChI=1S/C24H29Cl2N3O2.ClH/c1-24(2,3)23(31)28-21(20-9-4-6-12-27-20)15-17-8-5-7-13-29(17)22(30)16-10-11-18(25)19(26)14-16;/h4,6,9-12,14,17,21H,5,7-8,13,15H2,1-3H3,(H,28,31);1H. The first-order valence-electron chi connectivity index (χ1n) is 10.6. The fraction of sp³-hybridized carbons (Fsp3) is 0.458. The van der Waals surface area contributed by atoms with Crippen LogP contribution in [0.4, 0.5) is 0 Å². The van der Waals surface area contributed by atoms with Gasteiger partial charge < -0.3 is 10.2 Å². The van der Waals surface area contributed by atoms with Gasteiger partial charge in [0.05, 0.1) is 21.8 Å². The van der Waals surface area contributed by atoms with E-state index in [1.807, 2.05) is 43.9 Å². The number of likely N-dealkylation sites (tertiary alicyclic amines) is 1. The first-order chi connectivity index (χ1) is 14.7. The molecule has 174 valence electrons. The molecule has 1 aliphatic rings. The molecule has 1 aromatic heterocycles. The number of nitrogens with one attached hydrogen (secondary N) is 1. The SMILES string of the molecule is CC(C)(C)C(=O)NC(CC1CCCCN1C(=O)c1ccc(Cl)c(Cl)c1)c1ccccn1.Cl. The maximum Gasteiger partial charge on any atom is 0.254 e. The van der Waals surface area contributed by atoms with E-state index in [1.54, 1.807) is 24.4 Å². The van der Waals surface area contributed by atoms with E-state index in [4.69, 9.17) is 23.2 Å². The lowest BCUT2D eigenvalue weighted by molar-refractivity contribution is -0.129. The van der Waals surface area contributed by atoms with E-state index >= 15 is 0 Å². The summed E-state index contributed by atoms with van der Waals surface area (Å²) in [7, 11) is 0. The Labute approximate surface area is 206 Å². The van der Waals surface area contributed by atoms with Crippen molar-refractivity contribution in [3.63, 3.8) is 0 Å². The first-order valence-corrected chi connectivity index (χ1v) is 11.4. The van der Waals surface area contributed by atoms with Gasteiger partial charge in [-0.25, -0.2) is 0 Å². The van der Waals surface area contributed by atoms with Crippen LogP contribution in [0, 0.1) is 5.41 Å². The van der Waals surface area contributed by atoms with Gasteiger partial charge in [0.15, 0.2) is 0 Å². The molecule has 0 radical (unpaired) electrons. The van der Waals surface area contributed by atoms with Crippen molar-refractivity contribution < 1.29 is 9.59 Å². The van der Waals surface area contributed by atoms with E-state index in [2.05, 4.69) is 10.3 Å². The van der Waals surface area contributed by atoms with E-state index < -0.39 is 5.41 Å². The molecule has 8 heteroatoms. The number of hydrogen-bond acceptors (Lipinski definition) is 3. The van der Waals surface area contributed by atoms with Crippen molar-refractivity contribution in [3.05, 3.63) is 63.9 Å². The van der Waals surface area contributed by atoms with Crippen LogP contribution >= 0.6 is 35.6 Å². The number of pyridine rings is 1. The van der Waals surface area contributed by atoms with Gasteiger partial charge in [-0.2, -0.15) is 0 Å². The van der Waals surface area contributed by atoms with Gasteiger partial charge in [0.25, 0.3) is 5.91 Å². The number of rotatable bonds is 5. The van der Waals surface area contributed by atoms with Crippen LogP contribution in [-0.4, -0.2) is 34.3 Å². The van der Waals surface area contributed by atoms with E-state index in [9.17, 15) is 9.59 Å². The highest BCUT2D eigenvalue weighted by Gasteiger charge is 2.32. The molecular weight excluding hydrogens is 469 g/mol. The third kappa shape index (κ3) is 6.60. The van der Waals surface area contributed by atoms with Crippen LogP contribution in [0.3, 0.4) is 0 Å². The van der Waals surface area contributed by atoms with E-state index in [0.29, 0.717) is 28.6 Å². The predicted octanol–water partition coefficient (Wildman–Crippen LogP) is 6.10. The smallest absolute Gasteiger partial charge is 0.254 e. The Kier molecular flexibility index (Phi) is 9.38. The minimum Gasteiger partial charge on any atom is -0.347 e. The summed E-state index contributed by atoms with van der Waals surface area (Å²) < 4.78 is 0.